The van der Waals surface area contributed by atoms with Gasteiger partial charge in [0.05, 0.1) is 11.6 Å². The average Bonchev–Trinajstić information content (AvgIpc) is 3.95. The second-order valence-corrected chi connectivity index (χ2v) is 11.0. The summed E-state index contributed by atoms with van der Waals surface area (Å²) >= 11 is 0. The summed E-state index contributed by atoms with van der Waals surface area (Å²) in [5.74, 6) is 1.56. The van der Waals surface area contributed by atoms with E-state index in [2.05, 4.69) is 40.7 Å². The number of nitrogens with two attached hydrogens (primary N) is 1. The van der Waals surface area contributed by atoms with Gasteiger partial charge >= 0.3 is 0 Å². The molecule has 1 atom stereocenters. The smallest absolute Gasteiger partial charge is 0.252 e. The second kappa shape index (κ2) is 13.7. The number of hydrogen-bond acceptors (Lipinski definition) is 7. The minimum atomic E-state index is -0.123. The summed E-state index contributed by atoms with van der Waals surface area (Å²) in [6.07, 6.45) is 8.31. The largest absolute Gasteiger partial charge is 0.383 e. The topological polar surface area (TPSA) is 137 Å². The Balaban J connectivity index is 0.000000969. The van der Waals surface area contributed by atoms with Crippen LogP contribution in [0.5, 0.6) is 0 Å². The van der Waals surface area contributed by atoms with Gasteiger partial charge in [-0.05, 0) is 90.6 Å². The molecule has 11 heteroatoms. The Bertz CT molecular complexity index is 2100. The van der Waals surface area contributed by atoms with Crippen LogP contribution in [0, 0.1) is 0 Å². The molecular formula is C37H37N9O2. The lowest BCUT2D eigenvalue weighted by Crippen LogP contribution is -2.28. The highest BCUT2D eigenvalue weighted by molar-refractivity contribution is 5.99. The standard InChI is InChI=1S/C33H27N9O2.C2H6.C2H4/c34-30-25(5-2-14-35-30)31-37-27-11-12-29(41-16-3-15-36-41)39-32(27)42(31)21-8-9-22-20(18-21)7-10-26(22)38-33(44)24-4-1-6-28-23(24)13-17-40(28)19-43;2*1-2/h1-6,8-9,11-12,14-16,18-19,26H,7,10,13,17H2,(H2,34,35)(H,38,44);1-2H3;1-2H2. The molecule has 0 bridgehead atoms. The van der Waals surface area contributed by atoms with E-state index in [0.717, 1.165) is 47.3 Å². The van der Waals surface area contributed by atoms with Crippen LogP contribution in [0.15, 0.2) is 98.5 Å². The van der Waals surface area contributed by atoms with E-state index in [1.165, 1.54) is 0 Å². The van der Waals surface area contributed by atoms with Crippen molar-refractivity contribution in [2.24, 2.45) is 0 Å². The van der Waals surface area contributed by atoms with Crippen LogP contribution in [0.1, 0.15) is 53.4 Å². The lowest BCUT2D eigenvalue weighted by Gasteiger charge is -2.17. The van der Waals surface area contributed by atoms with E-state index < -0.39 is 0 Å². The summed E-state index contributed by atoms with van der Waals surface area (Å²) in [4.78, 5) is 40.7. The average molecular weight is 640 g/mol. The first-order valence-corrected chi connectivity index (χ1v) is 16.0. The van der Waals surface area contributed by atoms with Crippen LogP contribution in [-0.4, -0.2) is 48.2 Å². The van der Waals surface area contributed by atoms with Gasteiger partial charge < -0.3 is 16.0 Å². The van der Waals surface area contributed by atoms with E-state index in [1.54, 1.807) is 22.0 Å². The Morgan fingerprint density at radius 1 is 1.00 bits per heavy atom. The molecule has 8 rings (SSSR count). The fourth-order valence-electron chi connectivity index (χ4n) is 6.42. The number of benzene rings is 2. The number of pyridine rings is 2. The monoisotopic (exact) mass is 639 g/mol. The molecule has 0 fully saturated rings. The molecule has 1 aliphatic carbocycles. The summed E-state index contributed by atoms with van der Waals surface area (Å²) < 4.78 is 3.72. The van der Waals surface area contributed by atoms with Crippen LogP contribution in [0.25, 0.3) is 34.1 Å². The first-order chi connectivity index (χ1) is 23.6. The fourth-order valence-corrected chi connectivity index (χ4v) is 6.42. The number of nitrogens with one attached hydrogen (secondary N) is 1. The third-order valence-electron chi connectivity index (χ3n) is 8.51. The molecule has 2 aliphatic rings. The summed E-state index contributed by atoms with van der Waals surface area (Å²) in [7, 11) is 0. The number of aromatic nitrogens is 6. The van der Waals surface area contributed by atoms with Crippen molar-refractivity contribution in [1.82, 2.24) is 34.6 Å². The van der Waals surface area contributed by atoms with Crippen LogP contribution >= 0.6 is 0 Å². The van der Waals surface area contributed by atoms with Gasteiger partial charge in [-0.15, -0.1) is 13.2 Å². The lowest BCUT2D eigenvalue weighted by molar-refractivity contribution is -0.107. The Morgan fingerprint density at radius 2 is 1.85 bits per heavy atom. The van der Waals surface area contributed by atoms with Gasteiger partial charge in [0.15, 0.2) is 17.3 Å². The molecule has 0 saturated carbocycles. The van der Waals surface area contributed by atoms with Gasteiger partial charge in [-0.2, -0.15) is 5.10 Å². The second-order valence-electron chi connectivity index (χ2n) is 11.0. The molecular weight excluding hydrogens is 602 g/mol. The number of nitrogens with zero attached hydrogens (tertiary/aromatic N) is 7. The number of hydrogen-bond donors (Lipinski definition) is 2. The molecule has 0 spiro atoms. The zero-order valence-corrected chi connectivity index (χ0v) is 27.0. The highest BCUT2D eigenvalue weighted by atomic mass is 16.2. The van der Waals surface area contributed by atoms with Crippen molar-refractivity contribution >= 4 is 35.0 Å². The first-order valence-electron chi connectivity index (χ1n) is 16.0. The highest BCUT2D eigenvalue weighted by Crippen LogP contribution is 2.37. The van der Waals surface area contributed by atoms with E-state index in [0.29, 0.717) is 52.7 Å². The Morgan fingerprint density at radius 3 is 2.62 bits per heavy atom. The molecule has 242 valence electrons. The van der Waals surface area contributed by atoms with Crippen LogP contribution in [0.2, 0.25) is 0 Å². The van der Waals surface area contributed by atoms with Gasteiger partial charge in [0.1, 0.15) is 11.3 Å². The zero-order valence-electron chi connectivity index (χ0n) is 27.0. The van der Waals surface area contributed by atoms with Gasteiger partial charge in [-0.3, -0.25) is 14.2 Å². The van der Waals surface area contributed by atoms with E-state index in [-0.39, 0.29) is 11.9 Å². The SMILES string of the molecule is C=C.CC.Nc1ncccc1-c1nc2ccc(-n3cccn3)nc2n1-c1ccc2c(c1)CCC2NC(=O)c1cccc2c1CCN2C=O. The van der Waals surface area contributed by atoms with Gasteiger partial charge in [0.25, 0.3) is 5.91 Å². The molecule has 3 N–H and O–H groups in total. The minimum Gasteiger partial charge on any atom is -0.383 e. The molecule has 5 heterocycles. The Labute approximate surface area is 278 Å². The van der Waals surface area contributed by atoms with Gasteiger partial charge in [-0.1, -0.05) is 26.0 Å². The maximum atomic E-state index is 13.5. The third-order valence-corrected chi connectivity index (χ3v) is 8.51. The summed E-state index contributed by atoms with van der Waals surface area (Å²) in [6.45, 7) is 10.6. The zero-order chi connectivity index (χ0) is 33.8. The predicted octanol–water partition coefficient (Wildman–Crippen LogP) is 6.02. The van der Waals surface area contributed by atoms with Crippen molar-refractivity contribution in [1.29, 1.82) is 0 Å². The van der Waals surface area contributed by atoms with Crippen LogP contribution in [-0.2, 0) is 17.6 Å². The van der Waals surface area contributed by atoms with Crippen LogP contribution in [0.3, 0.4) is 0 Å². The van der Waals surface area contributed by atoms with Crippen LogP contribution < -0.4 is 16.0 Å². The fraction of sp³-hybridized carbons (Fsp3) is 0.189. The first kappa shape index (κ1) is 31.9. The highest BCUT2D eigenvalue weighted by Gasteiger charge is 2.29. The molecule has 2 amide bonds. The van der Waals surface area contributed by atoms with Gasteiger partial charge in [0.2, 0.25) is 6.41 Å². The van der Waals surface area contributed by atoms with Crippen molar-refractivity contribution < 1.29 is 9.59 Å². The number of carbonyl (C=O) groups is 2. The van der Waals surface area contributed by atoms with Crippen molar-refractivity contribution in [3.8, 4) is 22.9 Å². The van der Waals surface area contributed by atoms with Gasteiger partial charge in [-0.25, -0.2) is 19.6 Å². The van der Waals surface area contributed by atoms with Crippen molar-refractivity contribution in [3.63, 3.8) is 0 Å². The molecule has 4 aromatic heterocycles. The van der Waals surface area contributed by atoms with Gasteiger partial charge in [0, 0.05) is 42.1 Å². The lowest BCUT2D eigenvalue weighted by atomic mass is 10.0. The number of carbonyl (C=O) groups excluding carboxylic acids is 2. The predicted molar refractivity (Wildman–Crippen MR) is 188 cm³/mol. The summed E-state index contributed by atoms with van der Waals surface area (Å²) in [5.41, 5.74) is 13.9. The maximum Gasteiger partial charge on any atom is 0.252 e. The summed E-state index contributed by atoms with van der Waals surface area (Å²) in [5, 5.41) is 7.60. The molecule has 6 aromatic rings. The number of aryl methyl sites for hydroxylation is 1. The van der Waals surface area contributed by atoms with Crippen LogP contribution in [0.4, 0.5) is 11.5 Å². The Kier molecular flexibility index (Phi) is 9.11. The molecule has 1 aliphatic heterocycles. The number of imidazole rings is 1. The van der Waals surface area contributed by atoms with E-state index >= 15 is 0 Å². The number of nitrogen functional groups attached to an aromatic ring is 1. The van der Waals surface area contributed by atoms with E-state index in [4.69, 9.17) is 15.7 Å². The Hall–Kier alpha value is -6.10. The number of fused-ring (bicyclic) bond motifs is 3. The molecule has 0 radical (unpaired) electrons. The number of rotatable bonds is 6. The van der Waals surface area contributed by atoms with E-state index in [1.807, 2.05) is 79.2 Å². The number of amides is 2. The van der Waals surface area contributed by atoms with Crippen molar-refractivity contribution in [2.45, 2.75) is 39.2 Å². The number of anilines is 2. The van der Waals surface area contributed by atoms with Crippen molar-refractivity contribution in [3.05, 3.63) is 121 Å². The van der Waals surface area contributed by atoms with E-state index in [9.17, 15) is 9.59 Å². The maximum absolute atomic E-state index is 13.5. The molecule has 0 saturated heterocycles. The quantitative estimate of drug-likeness (QED) is 0.168. The normalized spacial score (nSPS) is 14.3. The summed E-state index contributed by atoms with van der Waals surface area (Å²) in [6, 6.07) is 21.1. The van der Waals surface area contributed by atoms with Crippen molar-refractivity contribution in [2.75, 3.05) is 17.2 Å². The minimum absolute atomic E-state index is 0.122. The third kappa shape index (κ3) is 5.59. The molecule has 48 heavy (non-hydrogen) atoms. The molecule has 1 unspecified atom stereocenters. The molecule has 11 nitrogen and oxygen atoms in total. The molecule has 2 aromatic carbocycles.